The highest BCUT2D eigenvalue weighted by Gasteiger charge is 2.27. The van der Waals surface area contributed by atoms with E-state index in [9.17, 15) is 9.18 Å². The monoisotopic (exact) mass is 309 g/mol. The van der Waals surface area contributed by atoms with Crippen LogP contribution in [0.2, 0.25) is 0 Å². The van der Waals surface area contributed by atoms with E-state index in [1.165, 1.54) is 0 Å². The van der Waals surface area contributed by atoms with E-state index in [-0.39, 0.29) is 6.04 Å². The molecule has 1 aliphatic heterocycles. The molecular formula is C16H24FN3O2. The van der Waals surface area contributed by atoms with Crippen LogP contribution < -0.4 is 5.32 Å². The molecule has 1 amide bonds. The van der Waals surface area contributed by atoms with Crippen molar-refractivity contribution >= 4 is 6.09 Å². The third-order valence-corrected chi connectivity index (χ3v) is 3.61. The highest BCUT2D eigenvalue weighted by atomic mass is 19.1. The van der Waals surface area contributed by atoms with Gasteiger partial charge < -0.3 is 10.1 Å². The van der Waals surface area contributed by atoms with Crippen molar-refractivity contribution < 1.29 is 13.9 Å². The van der Waals surface area contributed by atoms with Crippen LogP contribution in [0.25, 0.3) is 0 Å². The molecule has 0 aromatic carbocycles. The van der Waals surface area contributed by atoms with Crippen LogP contribution in [0, 0.1) is 12.9 Å². The minimum absolute atomic E-state index is 0.154. The maximum absolute atomic E-state index is 13.3. The molecule has 6 heteroatoms. The van der Waals surface area contributed by atoms with Gasteiger partial charge in [0.2, 0.25) is 5.95 Å². The fourth-order valence-electron chi connectivity index (χ4n) is 2.64. The van der Waals surface area contributed by atoms with Crippen molar-refractivity contribution in [2.24, 2.45) is 0 Å². The second kappa shape index (κ2) is 6.60. The molecule has 2 rings (SSSR count). The molecule has 0 spiro atoms. The molecule has 0 unspecified atom stereocenters. The van der Waals surface area contributed by atoms with Gasteiger partial charge in [0.1, 0.15) is 5.60 Å². The predicted molar refractivity (Wildman–Crippen MR) is 81.8 cm³/mol. The Bertz CT molecular complexity index is 543. The number of ether oxygens (including phenoxy) is 1. The Balaban J connectivity index is 1.96. The minimum atomic E-state index is -0.507. The molecule has 0 radical (unpaired) electrons. The maximum atomic E-state index is 13.3. The van der Waals surface area contributed by atoms with Gasteiger partial charge in [-0.05, 0) is 52.2 Å². The number of aryl methyl sites for hydroxylation is 1. The number of alkyl carbamates (subject to hydrolysis) is 1. The number of likely N-dealkylation sites (tertiary alicyclic amines) is 1. The molecule has 0 bridgehead atoms. The topological polar surface area (TPSA) is 54.5 Å². The Morgan fingerprint density at radius 1 is 1.55 bits per heavy atom. The molecule has 122 valence electrons. The lowest BCUT2D eigenvalue weighted by atomic mass is 10.1. The summed E-state index contributed by atoms with van der Waals surface area (Å²) in [6.45, 7) is 8.51. The van der Waals surface area contributed by atoms with Crippen molar-refractivity contribution in [2.75, 3.05) is 13.2 Å². The van der Waals surface area contributed by atoms with E-state index in [1.807, 2.05) is 26.8 Å². The van der Waals surface area contributed by atoms with Crippen LogP contribution in [-0.4, -0.2) is 34.8 Å². The normalized spacial score (nSPS) is 19.2. The quantitative estimate of drug-likeness (QED) is 0.872. The van der Waals surface area contributed by atoms with Crippen molar-refractivity contribution in [1.82, 2.24) is 15.2 Å². The zero-order valence-corrected chi connectivity index (χ0v) is 13.6. The van der Waals surface area contributed by atoms with E-state index in [2.05, 4.69) is 15.2 Å². The van der Waals surface area contributed by atoms with E-state index in [0.717, 1.165) is 24.9 Å². The van der Waals surface area contributed by atoms with Crippen molar-refractivity contribution in [2.45, 2.75) is 52.2 Å². The molecule has 1 aromatic heterocycles. The lowest BCUT2D eigenvalue weighted by Crippen LogP contribution is -2.40. The first-order valence-electron chi connectivity index (χ1n) is 7.59. The number of pyridine rings is 1. The van der Waals surface area contributed by atoms with Gasteiger partial charge in [-0.2, -0.15) is 4.39 Å². The summed E-state index contributed by atoms with van der Waals surface area (Å²) in [7, 11) is 0. The fraction of sp³-hybridized carbons (Fsp3) is 0.625. The molecule has 1 N–H and O–H groups in total. The van der Waals surface area contributed by atoms with Gasteiger partial charge in [-0.25, -0.2) is 9.78 Å². The smallest absolute Gasteiger partial charge is 0.408 e. The highest BCUT2D eigenvalue weighted by molar-refractivity contribution is 5.67. The fourth-order valence-corrected chi connectivity index (χ4v) is 2.64. The molecule has 1 fully saturated rings. The lowest BCUT2D eigenvalue weighted by molar-refractivity contribution is 0.0486. The second-order valence-electron chi connectivity index (χ2n) is 6.68. The Labute approximate surface area is 130 Å². The minimum Gasteiger partial charge on any atom is -0.444 e. The Hall–Kier alpha value is -1.69. The number of nitrogens with zero attached hydrogens (tertiary/aromatic N) is 2. The third-order valence-electron chi connectivity index (χ3n) is 3.61. The number of hydrogen-bond acceptors (Lipinski definition) is 4. The standard InChI is InChI=1S/C16H24FN3O2/c1-11-8-12(9-18-14(11)17)13-6-5-7-20(13)10-19-15(21)22-16(2,3)4/h8-9,13H,5-7,10H2,1-4H3,(H,19,21)/t13-/m1/s1. The zero-order chi connectivity index (χ0) is 16.3. The average molecular weight is 309 g/mol. The number of amides is 1. The van der Waals surface area contributed by atoms with Crippen LogP contribution in [0.1, 0.15) is 50.8 Å². The molecule has 22 heavy (non-hydrogen) atoms. The van der Waals surface area contributed by atoms with Gasteiger partial charge in [0.15, 0.2) is 0 Å². The van der Waals surface area contributed by atoms with Gasteiger partial charge in [0.25, 0.3) is 0 Å². The Morgan fingerprint density at radius 2 is 2.27 bits per heavy atom. The molecule has 5 nitrogen and oxygen atoms in total. The first kappa shape index (κ1) is 16.7. The molecule has 1 aromatic rings. The highest BCUT2D eigenvalue weighted by Crippen LogP contribution is 2.31. The van der Waals surface area contributed by atoms with Gasteiger partial charge in [0.05, 0.1) is 6.67 Å². The van der Waals surface area contributed by atoms with Gasteiger partial charge in [-0.3, -0.25) is 4.90 Å². The van der Waals surface area contributed by atoms with Crippen LogP contribution in [0.5, 0.6) is 0 Å². The van der Waals surface area contributed by atoms with E-state index in [1.54, 1.807) is 13.1 Å². The van der Waals surface area contributed by atoms with Gasteiger partial charge in [-0.1, -0.05) is 0 Å². The van der Waals surface area contributed by atoms with Gasteiger partial charge >= 0.3 is 6.09 Å². The molecule has 0 aliphatic carbocycles. The molecule has 1 aliphatic rings. The molecule has 1 saturated heterocycles. The maximum Gasteiger partial charge on any atom is 0.408 e. The number of carbonyl (C=O) groups excluding carboxylic acids is 1. The zero-order valence-electron chi connectivity index (χ0n) is 13.6. The molecular weight excluding hydrogens is 285 g/mol. The SMILES string of the molecule is Cc1cc([C@H]2CCCN2CNC(=O)OC(C)(C)C)cnc1F. The van der Waals surface area contributed by atoms with E-state index >= 15 is 0 Å². The summed E-state index contributed by atoms with van der Waals surface area (Å²) in [5.41, 5.74) is 1.03. The largest absolute Gasteiger partial charge is 0.444 e. The van der Waals surface area contributed by atoms with Gasteiger partial charge in [0, 0.05) is 24.3 Å². The van der Waals surface area contributed by atoms with E-state index in [0.29, 0.717) is 12.2 Å². The third kappa shape index (κ3) is 4.40. The first-order chi connectivity index (χ1) is 10.3. The summed E-state index contributed by atoms with van der Waals surface area (Å²) < 4.78 is 18.5. The van der Waals surface area contributed by atoms with Crippen LogP contribution in [0.3, 0.4) is 0 Å². The predicted octanol–water partition coefficient (Wildman–Crippen LogP) is 3.15. The summed E-state index contributed by atoms with van der Waals surface area (Å²) in [5, 5.41) is 2.78. The molecule has 1 atom stereocenters. The van der Waals surface area contributed by atoms with E-state index in [4.69, 9.17) is 4.74 Å². The number of carbonyl (C=O) groups is 1. The number of rotatable bonds is 3. The second-order valence-corrected chi connectivity index (χ2v) is 6.68. The van der Waals surface area contributed by atoms with E-state index < -0.39 is 17.6 Å². The Morgan fingerprint density at radius 3 is 2.91 bits per heavy atom. The van der Waals surface area contributed by atoms with Gasteiger partial charge in [-0.15, -0.1) is 0 Å². The first-order valence-corrected chi connectivity index (χ1v) is 7.59. The van der Waals surface area contributed by atoms with Crippen LogP contribution in [-0.2, 0) is 4.74 Å². The number of hydrogen-bond donors (Lipinski definition) is 1. The van der Waals surface area contributed by atoms with Crippen LogP contribution in [0.15, 0.2) is 12.3 Å². The number of halogens is 1. The Kier molecular flexibility index (Phi) is 5.01. The number of nitrogens with one attached hydrogen (secondary N) is 1. The summed E-state index contributed by atoms with van der Waals surface area (Å²) in [4.78, 5) is 17.7. The average Bonchev–Trinajstić information content (AvgIpc) is 2.86. The van der Waals surface area contributed by atoms with Crippen molar-refractivity contribution in [3.05, 3.63) is 29.3 Å². The van der Waals surface area contributed by atoms with Crippen molar-refractivity contribution in [3.8, 4) is 0 Å². The number of aromatic nitrogens is 1. The van der Waals surface area contributed by atoms with Crippen LogP contribution in [0.4, 0.5) is 9.18 Å². The van der Waals surface area contributed by atoms with Crippen LogP contribution >= 0.6 is 0 Å². The van der Waals surface area contributed by atoms with Crippen molar-refractivity contribution in [1.29, 1.82) is 0 Å². The molecule has 2 heterocycles. The summed E-state index contributed by atoms with van der Waals surface area (Å²) in [6, 6.07) is 1.99. The molecule has 0 saturated carbocycles. The summed E-state index contributed by atoms with van der Waals surface area (Å²) >= 11 is 0. The summed E-state index contributed by atoms with van der Waals surface area (Å²) in [6.07, 6.45) is 3.17. The summed E-state index contributed by atoms with van der Waals surface area (Å²) in [5.74, 6) is -0.430. The lowest BCUT2D eigenvalue weighted by Gasteiger charge is -2.26. The van der Waals surface area contributed by atoms with Crippen molar-refractivity contribution in [3.63, 3.8) is 0 Å².